The van der Waals surface area contributed by atoms with Gasteiger partial charge in [-0.2, -0.15) is 0 Å². The highest BCUT2D eigenvalue weighted by Gasteiger charge is 2.34. The molecule has 1 saturated carbocycles. The van der Waals surface area contributed by atoms with Crippen molar-refractivity contribution in [3.05, 3.63) is 34.6 Å². The number of hydrogen-bond donors (Lipinski definition) is 1. The van der Waals surface area contributed by atoms with E-state index in [2.05, 4.69) is 0 Å². The van der Waals surface area contributed by atoms with Gasteiger partial charge in [0.2, 0.25) is 0 Å². The number of rotatable bonds is 1. The van der Waals surface area contributed by atoms with Crippen LogP contribution in [-0.2, 0) is 5.60 Å². The largest absolute Gasteiger partial charge is 0.385 e. The second-order valence-electron chi connectivity index (χ2n) is 3.86. The van der Waals surface area contributed by atoms with Crippen molar-refractivity contribution in [3.63, 3.8) is 0 Å². The molecular weight excluding hydrogens is 203 g/mol. The summed E-state index contributed by atoms with van der Waals surface area (Å²) in [5.74, 6) is -0.361. The first-order chi connectivity index (χ1) is 6.62. The summed E-state index contributed by atoms with van der Waals surface area (Å²) in [6.45, 7) is 0. The smallest absolute Gasteiger partial charge is 0.124 e. The van der Waals surface area contributed by atoms with Crippen molar-refractivity contribution in [2.75, 3.05) is 0 Å². The van der Waals surface area contributed by atoms with Crippen LogP contribution in [0.5, 0.6) is 0 Å². The van der Waals surface area contributed by atoms with E-state index in [4.69, 9.17) is 11.6 Å². The second kappa shape index (κ2) is 3.52. The molecular formula is C11H12ClFO. The fraction of sp³-hybridized carbons (Fsp3) is 0.455. The van der Waals surface area contributed by atoms with Gasteiger partial charge in [0.1, 0.15) is 5.82 Å². The molecule has 1 fully saturated rings. The van der Waals surface area contributed by atoms with Gasteiger partial charge in [-0.1, -0.05) is 30.5 Å². The first kappa shape index (κ1) is 9.94. The van der Waals surface area contributed by atoms with Crippen LogP contribution in [0.4, 0.5) is 4.39 Å². The number of aliphatic hydroxyl groups is 1. The number of benzene rings is 1. The molecule has 1 aromatic carbocycles. The zero-order valence-corrected chi connectivity index (χ0v) is 8.52. The average molecular weight is 215 g/mol. The van der Waals surface area contributed by atoms with Gasteiger partial charge >= 0.3 is 0 Å². The zero-order valence-electron chi connectivity index (χ0n) is 7.76. The van der Waals surface area contributed by atoms with E-state index >= 15 is 0 Å². The topological polar surface area (TPSA) is 20.2 Å². The fourth-order valence-electron chi connectivity index (χ4n) is 2.10. The summed E-state index contributed by atoms with van der Waals surface area (Å²) < 4.78 is 12.8. The van der Waals surface area contributed by atoms with Crippen molar-refractivity contribution in [3.8, 4) is 0 Å². The van der Waals surface area contributed by atoms with Crippen molar-refractivity contribution in [1.82, 2.24) is 0 Å². The maximum atomic E-state index is 12.8. The fourth-order valence-corrected chi connectivity index (χ4v) is 2.44. The maximum absolute atomic E-state index is 12.8. The van der Waals surface area contributed by atoms with E-state index in [1.165, 1.54) is 12.1 Å². The minimum absolute atomic E-state index is 0.328. The Morgan fingerprint density at radius 2 is 1.93 bits per heavy atom. The van der Waals surface area contributed by atoms with Crippen LogP contribution < -0.4 is 0 Å². The average Bonchev–Trinajstić information content (AvgIpc) is 2.52. The molecule has 0 radical (unpaired) electrons. The summed E-state index contributed by atoms with van der Waals surface area (Å²) in [7, 11) is 0. The van der Waals surface area contributed by atoms with Gasteiger partial charge in [-0.15, -0.1) is 0 Å². The Balaban J connectivity index is 2.40. The Bertz CT molecular complexity index is 345. The van der Waals surface area contributed by atoms with E-state index in [0.29, 0.717) is 10.6 Å². The molecule has 0 unspecified atom stereocenters. The molecule has 2 rings (SSSR count). The molecule has 0 spiro atoms. The predicted octanol–water partition coefficient (Wildman–Crippen LogP) is 3.24. The van der Waals surface area contributed by atoms with Gasteiger partial charge in [0.05, 0.1) is 5.60 Å². The molecule has 1 N–H and O–H groups in total. The molecule has 0 heterocycles. The van der Waals surface area contributed by atoms with E-state index in [-0.39, 0.29) is 5.82 Å². The third kappa shape index (κ3) is 1.64. The van der Waals surface area contributed by atoms with Crippen LogP contribution in [-0.4, -0.2) is 5.11 Å². The summed E-state index contributed by atoms with van der Waals surface area (Å²) in [4.78, 5) is 0. The van der Waals surface area contributed by atoms with E-state index < -0.39 is 5.60 Å². The van der Waals surface area contributed by atoms with Gasteiger partial charge in [0, 0.05) is 10.6 Å². The normalized spacial score (nSPS) is 19.9. The lowest BCUT2D eigenvalue weighted by molar-refractivity contribution is 0.0445. The minimum Gasteiger partial charge on any atom is -0.385 e. The molecule has 76 valence electrons. The van der Waals surface area contributed by atoms with Crippen molar-refractivity contribution < 1.29 is 9.50 Å². The molecule has 1 nitrogen and oxygen atoms in total. The van der Waals surface area contributed by atoms with Gasteiger partial charge < -0.3 is 5.11 Å². The van der Waals surface area contributed by atoms with Crippen LogP contribution in [0.3, 0.4) is 0 Å². The van der Waals surface area contributed by atoms with Crippen molar-refractivity contribution in [2.24, 2.45) is 0 Å². The van der Waals surface area contributed by atoms with E-state index in [1.54, 1.807) is 6.07 Å². The van der Waals surface area contributed by atoms with Gasteiger partial charge in [0.25, 0.3) is 0 Å². The van der Waals surface area contributed by atoms with Crippen LogP contribution in [0.25, 0.3) is 0 Å². The van der Waals surface area contributed by atoms with Crippen LogP contribution >= 0.6 is 11.6 Å². The maximum Gasteiger partial charge on any atom is 0.124 e. The lowest BCUT2D eigenvalue weighted by Crippen LogP contribution is -2.21. The van der Waals surface area contributed by atoms with Crippen LogP contribution in [0.15, 0.2) is 18.2 Å². The highest BCUT2D eigenvalue weighted by Crippen LogP contribution is 2.41. The summed E-state index contributed by atoms with van der Waals surface area (Å²) >= 11 is 5.90. The Labute approximate surface area is 87.5 Å². The van der Waals surface area contributed by atoms with Crippen LogP contribution in [0.1, 0.15) is 31.2 Å². The predicted molar refractivity (Wildman–Crippen MR) is 53.8 cm³/mol. The summed E-state index contributed by atoms with van der Waals surface area (Å²) in [5.41, 5.74) is -0.164. The molecule has 0 aliphatic heterocycles. The zero-order chi connectivity index (χ0) is 10.2. The lowest BCUT2D eigenvalue weighted by atomic mass is 9.92. The van der Waals surface area contributed by atoms with E-state index in [1.807, 2.05) is 0 Å². The Hall–Kier alpha value is -0.600. The molecule has 0 amide bonds. The molecule has 1 aliphatic rings. The number of halogens is 2. The van der Waals surface area contributed by atoms with Gasteiger partial charge in [-0.05, 0) is 25.0 Å². The summed E-state index contributed by atoms with van der Waals surface area (Å²) in [5, 5.41) is 10.6. The molecule has 0 atom stereocenters. The first-order valence-corrected chi connectivity index (χ1v) is 5.17. The summed E-state index contributed by atoms with van der Waals surface area (Å²) in [6.07, 6.45) is 3.45. The summed E-state index contributed by atoms with van der Waals surface area (Å²) in [6, 6.07) is 4.19. The molecule has 0 saturated heterocycles. The van der Waals surface area contributed by atoms with Gasteiger partial charge in [-0.25, -0.2) is 4.39 Å². The van der Waals surface area contributed by atoms with Crippen molar-refractivity contribution in [2.45, 2.75) is 31.3 Å². The molecule has 1 aromatic rings. The highest BCUT2D eigenvalue weighted by molar-refractivity contribution is 6.31. The Kier molecular flexibility index (Phi) is 2.50. The van der Waals surface area contributed by atoms with E-state index in [9.17, 15) is 9.50 Å². The van der Waals surface area contributed by atoms with E-state index in [0.717, 1.165) is 25.7 Å². The monoisotopic (exact) mass is 214 g/mol. The molecule has 0 aromatic heterocycles. The lowest BCUT2D eigenvalue weighted by Gasteiger charge is -2.23. The number of hydrogen-bond acceptors (Lipinski definition) is 1. The van der Waals surface area contributed by atoms with Crippen LogP contribution in [0, 0.1) is 5.82 Å². The second-order valence-corrected chi connectivity index (χ2v) is 4.27. The Morgan fingerprint density at radius 3 is 2.50 bits per heavy atom. The van der Waals surface area contributed by atoms with Crippen LogP contribution in [0.2, 0.25) is 5.02 Å². The highest BCUT2D eigenvalue weighted by atomic mass is 35.5. The molecule has 3 heteroatoms. The van der Waals surface area contributed by atoms with Gasteiger partial charge in [-0.3, -0.25) is 0 Å². The quantitative estimate of drug-likeness (QED) is 0.761. The standard InChI is InChI=1S/C11H12ClFO/c12-10-7-8(13)3-4-9(10)11(14)5-1-2-6-11/h3-4,7,14H,1-2,5-6H2. The van der Waals surface area contributed by atoms with Crippen molar-refractivity contribution >= 4 is 11.6 Å². The van der Waals surface area contributed by atoms with Gasteiger partial charge in [0.15, 0.2) is 0 Å². The minimum atomic E-state index is -0.829. The molecule has 14 heavy (non-hydrogen) atoms. The Morgan fingerprint density at radius 1 is 1.29 bits per heavy atom. The SMILES string of the molecule is OC1(c2ccc(F)cc2Cl)CCCC1. The third-order valence-corrected chi connectivity index (χ3v) is 3.18. The third-order valence-electron chi connectivity index (χ3n) is 2.86. The first-order valence-electron chi connectivity index (χ1n) is 4.80. The van der Waals surface area contributed by atoms with Crippen molar-refractivity contribution in [1.29, 1.82) is 0 Å². The molecule has 0 bridgehead atoms. The molecule has 1 aliphatic carbocycles.